The van der Waals surface area contributed by atoms with Crippen molar-refractivity contribution >= 4 is 23.8 Å². The number of nitrogens with two attached hydrogens (primary N) is 1. The van der Waals surface area contributed by atoms with E-state index >= 15 is 0 Å². The Labute approximate surface area is 220 Å². The van der Waals surface area contributed by atoms with E-state index in [1.54, 1.807) is 45.0 Å². The summed E-state index contributed by atoms with van der Waals surface area (Å²) in [6, 6.07) is 4.53. The first kappa shape index (κ1) is 31.5. The van der Waals surface area contributed by atoms with Crippen LogP contribution in [-0.2, 0) is 19.1 Å². The number of rotatable bonds is 14. The molecule has 0 aliphatic rings. The number of alkyl carbamates (subject to hydrolysis) is 1. The summed E-state index contributed by atoms with van der Waals surface area (Å²) >= 11 is 0. The highest BCUT2D eigenvalue weighted by atomic mass is 16.6. The van der Waals surface area contributed by atoms with Crippen molar-refractivity contribution in [3.63, 3.8) is 0 Å². The third kappa shape index (κ3) is 10.9. The molecule has 4 amide bonds. The predicted molar refractivity (Wildman–Crippen MR) is 143 cm³/mol. The number of carbonyl (C=O) groups is 4. The van der Waals surface area contributed by atoms with Crippen molar-refractivity contribution in [2.24, 2.45) is 5.73 Å². The van der Waals surface area contributed by atoms with E-state index in [1.807, 2.05) is 6.92 Å². The number of primary amides is 1. The second-order valence-corrected chi connectivity index (χ2v) is 9.89. The summed E-state index contributed by atoms with van der Waals surface area (Å²) < 4.78 is 5.29. The van der Waals surface area contributed by atoms with Crippen LogP contribution in [0.15, 0.2) is 24.3 Å². The first-order chi connectivity index (χ1) is 17.4. The van der Waals surface area contributed by atoms with Crippen molar-refractivity contribution in [3.8, 4) is 12.3 Å². The molecule has 0 aliphatic carbocycles. The Balaban J connectivity index is 3.50. The number of unbranched alkanes of at least 4 members (excludes halogenated alkanes) is 3. The van der Waals surface area contributed by atoms with Gasteiger partial charge < -0.3 is 26.0 Å². The van der Waals surface area contributed by atoms with Gasteiger partial charge in [0.05, 0.1) is 6.42 Å². The molecule has 0 fully saturated rings. The zero-order valence-corrected chi connectivity index (χ0v) is 22.8. The van der Waals surface area contributed by atoms with Crippen LogP contribution < -0.4 is 16.4 Å². The molecule has 204 valence electrons. The molecule has 0 spiro atoms. The minimum absolute atomic E-state index is 0.201. The molecule has 1 aromatic rings. The maximum Gasteiger partial charge on any atom is 0.408 e. The van der Waals surface area contributed by atoms with Crippen molar-refractivity contribution in [2.75, 3.05) is 13.1 Å². The van der Waals surface area contributed by atoms with E-state index in [4.69, 9.17) is 16.9 Å². The van der Waals surface area contributed by atoms with Crippen LogP contribution in [0.1, 0.15) is 90.3 Å². The van der Waals surface area contributed by atoms with Crippen molar-refractivity contribution < 1.29 is 23.9 Å². The van der Waals surface area contributed by atoms with Gasteiger partial charge in [-0.3, -0.25) is 14.4 Å². The molecule has 4 N–H and O–H groups in total. The lowest BCUT2D eigenvalue weighted by Crippen LogP contribution is -2.54. The zero-order chi connectivity index (χ0) is 28.0. The predicted octanol–water partition coefficient (Wildman–Crippen LogP) is 3.41. The Morgan fingerprint density at radius 1 is 1.08 bits per heavy atom. The molecule has 0 heterocycles. The van der Waals surface area contributed by atoms with Crippen LogP contribution in [0.3, 0.4) is 0 Å². The van der Waals surface area contributed by atoms with Gasteiger partial charge in [0, 0.05) is 18.7 Å². The molecule has 37 heavy (non-hydrogen) atoms. The van der Waals surface area contributed by atoms with E-state index in [0.29, 0.717) is 24.1 Å². The van der Waals surface area contributed by atoms with Gasteiger partial charge in [0.15, 0.2) is 0 Å². The summed E-state index contributed by atoms with van der Waals surface area (Å²) in [7, 11) is 0. The molecule has 9 nitrogen and oxygen atoms in total. The summed E-state index contributed by atoms with van der Waals surface area (Å²) in [4.78, 5) is 53.2. The molecule has 0 saturated heterocycles. The minimum atomic E-state index is -1.32. The molecule has 1 aromatic carbocycles. The van der Waals surface area contributed by atoms with Gasteiger partial charge in [-0.1, -0.05) is 57.2 Å². The summed E-state index contributed by atoms with van der Waals surface area (Å²) in [5.74, 6) is 0.795. The second-order valence-electron chi connectivity index (χ2n) is 9.89. The Morgan fingerprint density at radius 3 is 2.30 bits per heavy atom. The standard InChI is InChI=1S/C28H42N4O5/c1-7-10-14-17-30-25(34)24(21-16-13-12-15-20(21)9-3)32(18-11-8-2)26(35)22(19-23(29)33)31-27(36)37-28(4,5)6/h3,12-13,15-16,22,24H,7-8,10-11,14,17-19H2,1-2,4-6H3,(H2,29,33)(H,30,34)(H,31,36). The van der Waals surface area contributed by atoms with Crippen molar-refractivity contribution in [1.29, 1.82) is 0 Å². The molecule has 0 aromatic heterocycles. The number of hydrogen-bond donors (Lipinski definition) is 3. The summed E-state index contributed by atoms with van der Waals surface area (Å²) in [6.07, 6.45) is 8.47. The highest BCUT2D eigenvalue weighted by molar-refractivity contribution is 5.94. The molecule has 0 aliphatic heterocycles. The lowest BCUT2D eigenvalue weighted by molar-refractivity contribution is -0.143. The second kappa shape index (κ2) is 15.5. The Kier molecular flexibility index (Phi) is 13.2. The van der Waals surface area contributed by atoms with Gasteiger partial charge in [-0.25, -0.2) is 4.79 Å². The number of ether oxygens (including phenoxy) is 1. The summed E-state index contributed by atoms with van der Waals surface area (Å²) in [6.45, 7) is 9.71. The molecule has 0 radical (unpaired) electrons. The van der Waals surface area contributed by atoms with E-state index in [1.165, 1.54) is 4.90 Å². The van der Waals surface area contributed by atoms with E-state index in [2.05, 4.69) is 23.5 Å². The smallest absolute Gasteiger partial charge is 0.408 e. The maximum atomic E-state index is 13.9. The monoisotopic (exact) mass is 514 g/mol. The molecular weight excluding hydrogens is 472 g/mol. The van der Waals surface area contributed by atoms with Crippen LogP contribution in [0.25, 0.3) is 0 Å². The number of carbonyl (C=O) groups excluding carboxylic acids is 4. The number of benzene rings is 1. The van der Waals surface area contributed by atoms with Crippen LogP contribution in [0, 0.1) is 12.3 Å². The highest BCUT2D eigenvalue weighted by Gasteiger charge is 2.37. The van der Waals surface area contributed by atoms with E-state index < -0.39 is 47.9 Å². The van der Waals surface area contributed by atoms with Gasteiger partial charge in [-0.15, -0.1) is 6.42 Å². The van der Waals surface area contributed by atoms with Crippen LogP contribution in [0.2, 0.25) is 0 Å². The Hall–Kier alpha value is -3.54. The zero-order valence-electron chi connectivity index (χ0n) is 22.8. The van der Waals surface area contributed by atoms with Gasteiger partial charge >= 0.3 is 6.09 Å². The number of nitrogens with zero attached hydrogens (tertiary/aromatic N) is 1. The third-order valence-corrected chi connectivity index (χ3v) is 5.48. The average molecular weight is 515 g/mol. The fourth-order valence-corrected chi connectivity index (χ4v) is 3.75. The molecule has 0 saturated carbocycles. The van der Waals surface area contributed by atoms with Gasteiger partial charge in [0.25, 0.3) is 0 Å². The Morgan fingerprint density at radius 2 is 1.73 bits per heavy atom. The average Bonchev–Trinajstić information content (AvgIpc) is 2.82. The van der Waals surface area contributed by atoms with Crippen LogP contribution in [0.5, 0.6) is 0 Å². The summed E-state index contributed by atoms with van der Waals surface area (Å²) in [5, 5.41) is 5.40. The highest BCUT2D eigenvalue weighted by Crippen LogP contribution is 2.26. The Bertz CT molecular complexity index is 964. The molecular formula is C28H42N4O5. The third-order valence-electron chi connectivity index (χ3n) is 5.48. The number of amides is 4. The lowest BCUT2D eigenvalue weighted by atomic mass is 9.97. The van der Waals surface area contributed by atoms with E-state index in [0.717, 1.165) is 25.7 Å². The van der Waals surface area contributed by atoms with Crippen LogP contribution in [0.4, 0.5) is 4.79 Å². The van der Waals surface area contributed by atoms with E-state index in [9.17, 15) is 19.2 Å². The largest absolute Gasteiger partial charge is 0.444 e. The molecule has 2 atom stereocenters. The first-order valence-corrected chi connectivity index (χ1v) is 12.9. The quantitative estimate of drug-likeness (QED) is 0.259. The normalized spacial score (nSPS) is 12.5. The molecule has 0 bridgehead atoms. The molecule has 9 heteroatoms. The topological polar surface area (TPSA) is 131 Å². The fourth-order valence-electron chi connectivity index (χ4n) is 3.75. The van der Waals surface area contributed by atoms with Gasteiger partial charge in [0.2, 0.25) is 17.7 Å². The van der Waals surface area contributed by atoms with Crippen molar-refractivity contribution in [3.05, 3.63) is 35.4 Å². The number of terminal acetylenes is 1. The van der Waals surface area contributed by atoms with E-state index in [-0.39, 0.29) is 6.54 Å². The maximum absolute atomic E-state index is 13.9. The van der Waals surface area contributed by atoms with Crippen molar-refractivity contribution in [1.82, 2.24) is 15.5 Å². The summed E-state index contributed by atoms with van der Waals surface area (Å²) in [5.41, 5.74) is 5.55. The van der Waals surface area contributed by atoms with Gasteiger partial charge in [-0.2, -0.15) is 0 Å². The molecule has 2 unspecified atom stereocenters. The lowest BCUT2D eigenvalue weighted by Gasteiger charge is -2.34. The van der Waals surface area contributed by atoms with Crippen LogP contribution >= 0.6 is 0 Å². The SMILES string of the molecule is C#Cc1ccccc1C(C(=O)NCCCCC)N(CCCC)C(=O)C(CC(N)=O)NC(=O)OC(C)(C)C. The van der Waals surface area contributed by atoms with Gasteiger partial charge in [-0.05, 0) is 45.2 Å². The first-order valence-electron chi connectivity index (χ1n) is 12.9. The minimum Gasteiger partial charge on any atom is -0.444 e. The van der Waals surface area contributed by atoms with Crippen LogP contribution in [-0.4, -0.2) is 53.4 Å². The van der Waals surface area contributed by atoms with Gasteiger partial charge in [0.1, 0.15) is 17.7 Å². The number of hydrogen-bond acceptors (Lipinski definition) is 5. The fraction of sp³-hybridized carbons (Fsp3) is 0.571. The molecule has 1 rings (SSSR count). The number of nitrogens with one attached hydrogen (secondary N) is 2. The van der Waals surface area contributed by atoms with Crippen molar-refractivity contribution in [2.45, 2.75) is 90.8 Å².